The van der Waals surface area contributed by atoms with Gasteiger partial charge in [0.2, 0.25) is 0 Å². The summed E-state index contributed by atoms with van der Waals surface area (Å²) in [4.78, 5) is 2.23. The van der Waals surface area contributed by atoms with Gasteiger partial charge in [-0.25, -0.2) is 0 Å². The van der Waals surface area contributed by atoms with Crippen LogP contribution in [0.3, 0.4) is 0 Å². The minimum absolute atomic E-state index is 0.828. The molecule has 0 N–H and O–H groups in total. The molecule has 22 heavy (non-hydrogen) atoms. The fourth-order valence-electron chi connectivity index (χ4n) is 3.13. The van der Waals surface area contributed by atoms with E-state index in [1.165, 1.54) is 0 Å². The van der Waals surface area contributed by atoms with E-state index in [1.807, 2.05) is 48.5 Å². The normalized spacial score (nSPS) is 13.4. The zero-order chi connectivity index (χ0) is 14.7. The summed E-state index contributed by atoms with van der Waals surface area (Å²) in [6.07, 6.45) is 0. The summed E-state index contributed by atoms with van der Waals surface area (Å²) >= 11 is 0. The quantitative estimate of drug-likeness (QED) is 0.366. The predicted molar refractivity (Wildman–Crippen MR) is 86.0 cm³/mol. The summed E-state index contributed by atoms with van der Waals surface area (Å²) < 4.78 is 12.2. The molecule has 3 aromatic rings. The van der Waals surface area contributed by atoms with Crippen molar-refractivity contribution in [1.82, 2.24) is 0 Å². The number of aryl methyl sites for hydroxylation is 1. The van der Waals surface area contributed by atoms with E-state index in [1.54, 1.807) is 0 Å². The second-order valence-electron chi connectivity index (χ2n) is 5.53. The second kappa shape index (κ2) is 4.04. The minimum Gasteiger partial charge on any atom is -0.453 e. The topological polar surface area (TPSA) is 21.7 Å². The maximum absolute atomic E-state index is 6.15. The third-order valence-corrected chi connectivity index (χ3v) is 4.16. The van der Waals surface area contributed by atoms with Crippen molar-refractivity contribution < 1.29 is 9.47 Å². The molecule has 2 aliphatic rings. The molecule has 0 amide bonds. The number of anilines is 3. The van der Waals surface area contributed by atoms with Gasteiger partial charge < -0.3 is 9.47 Å². The molecule has 2 aliphatic heterocycles. The molecule has 0 atom stereocenters. The Labute approximate surface area is 128 Å². The first-order valence-corrected chi connectivity index (χ1v) is 7.30. The van der Waals surface area contributed by atoms with Crippen molar-refractivity contribution in [2.75, 3.05) is 4.90 Å². The molecule has 5 rings (SSSR count). The largest absolute Gasteiger partial charge is 0.453 e. The molecule has 0 aromatic heterocycles. The third kappa shape index (κ3) is 1.40. The van der Waals surface area contributed by atoms with Crippen LogP contribution < -0.4 is 14.4 Å². The maximum Gasteiger partial charge on any atom is 0.158 e. The Kier molecular flexibility index (Phi) is 2.15. The first kappa shape index (κ1) is 11.7. The van der Waals surface area contributed by atoms with Crippen LogP contribution in [0.1, 0.15) is 5.56 Å². The summed E-state index contributed by atoms with van der Waals surface area (Å²) in [6.45, 7) is 2.06. The predicted octanol–water partition coefficient (Wildman–Crippen LogP) is 5.68. The molecule has 0 fully saturated rings. The average molecular weight is 287 g/mol. The Hall–Kier alpha value is -2.94. The molecule has 0 saturated heterocycles. The highest BCUT2D eigenvalue weighted by Crippen LogP contribution is 2.59. The molecule has 0 bridgehead atoms. The summed E-state index contributed by atoms with van der Waals surface area (Å²) in [6, 6.07) is 20.2. The molecule has 106 valence electrons. The van der Waals surface area contributed by atoms with Crippen molar-refractivity contribution in [1.29, 1.82) is 0 Å². The highest BCUT2D eigenvalue weighted by atomic mass is 16.5. The summed E-state index contributed by atoms with van der Waals surface area (Å²) in [5.41, 5.74) is 4.16. The van der Waals surface area contributed by atoms with E-state index < -0.39 is 0 Å². The van der Waals surface area contributed by atoms with Crippen molar-refractivity contribution in [3.63, 3.8) is 0 Å². The molecule has 0 aliphatic carbocycles. The lowest BCUT2D eigenvalue weighted by atomic mass is 10.1. The van der Waals surface area contributed by atoms with Crippen molar-refractivity contribution in [2.24, 2.45) is 0 Å². The number of fused-ring (bicyclic) bond motifs is 4. The summed E-state index contributed by atoms with van der Waals surface area (Å²) in [5.74, 6) is 3.42. The van der Waals surface area contributed by atoms with E-state index in [9.17, 15) is 0 Å². The van der Waals surface area contributed by atoms with Crippen LogP contribution in [-0.2, 0) is 0 Å². The number of benzene rings is 3. The molecule has 2 heterocycles. The van der Waals surface area contributed by atoms with Gasteiger partial charge in [0.1, 0.15) is 5.69 Å². The number of nitrogens with zero attached hydrogens (tertiary/aromatic N) is 1. The van der Waals surface area contributed by atoms with Crippen LogP contribution in [-0.4, -0.2) is 0 Å². The number of hydrogen-bond donors (Lipinski definition) is 0. The van der Waals surface area contributed by atoms with E-state index in [-0.39, 0.29) is 0 Å². The van der Waals surface area contributed by atoms with E-state index in [0.717, 1.165) is 45.6 Å². The van der Waals surface area contributed by atoms with Crippen molar-refractivity contribution >= 4 is 17.1 Å². The summed E-state index contributed by atoms with van der Waals surface area (Å²) in [7, 11) is 0. The highest BCUT2D eigenvalue weighted by molar-refractivity contribution is 5.93. The van der Waals surface area contributed by atoms with Gasteiger partial charge in [0.05, 0.1) is 11.4 Å². The first-order valence-electron chi connectivity index (χ1n) is 7.30. The van der Waals surface area contributed by atoms with E-state index >= 15 is 0 Å². The maximum atomic E-state index is 6.15. The highest BCUT2D eigenvalue weighted by Gasteiger charge is 2.34. The Morgan fingerprint density at radius 1 is 0.682 bits per heavy atom. The number of ether oxygens (including phenoxy) is 2. The van der Waals surface area contributed by atoms with Crippen molar-refractivity contribution in [3.05, 3.63) is 66.2 Å². The number of rotatable bonds is 0. The van der Waals surface area contributed by atoms with E-state index in [2.05, 4.69) is 24.0 Å². The van der Waals surface area contributed by atoms with Crippen molar-refractivity contribution in [2.45, 2.75) is 6.92 Å². The van der Waals surface area contributed by atoms with Crippen molar-refractivity contribution in [3.8, 4) is 23.0 Å². The Balaban J connectivity index is 1.89. The zero-order valence-corrected chi connectivity index (χ0v) is 12.0. The van der Waals surface area contributed by atoms with Gasteiger partial charge >= 0.3 is 0 Å². The Morgan fingerprint density at radius 2 is 1.32 bits per heavy atom. The first-order chi connectivity index (χ1) is 10.8. The Morgan fingerprint density at radius 3 is 2.05 bits per heavy atom. The third-order valence-electron chi connectivity index (χ3n) is 4.16. The van der Waals surface area contributed by atoms with Crippen LogP contribution >= 0.6 is 0 Å². The van der Waals surface area contributed by atoms with Gasteiger partial charge in [-0.2, -0.15) is 0 Å². The zero-order valence-electron chi connectivity index (χ0n) is 12.0. The van der Waals surface area contributed by atoms with Gasteiger partial charge in [-0.05, 0) is 42.8 Å². The Bertz CT molecular complexity index is 906. The SMILES string of the molecule is Cc1ccc2c3c1Oc1ccccc1N3c1ccccc1O2. The van der Waals surface area contributed by atoms with Crippen LogP contribution in [0, 0.1) is 6.92 Å². The lowest BCUT2D eigenvalue weighted by Crippen LogP contribution is -2.20. The fraction of sp³-hybridized carbons (Fsp3) is 0.0526. The fourth-order valence-corrected chi connectivity index (χ4v) is 3.13. The summed E-state index contributed by atoms with van der Waals surface area (Å²) in [5, 5.41) is 0. The molecule has 0 unspecified atom stereocenters. The standard InChI is InChI=1S/C19H13NO2/c1-12-10-11-17-18-19(12)22-16-9-5-3-7-14(16)20(18)13-6-2-4-8-15(13)21-17/h2-11H,1H3. The molecular formula is C19H13NO2. The van der Waals surface area contributed by atoms with Gasteiger partial charge in [-0.15, -0.1) is 0 Å². The van der Waals surface area contributed by atoms with Gasteiger partial charge in [0, 0.05) is 0 Å². The van der Waals surface area contributed by atoms with Gasteiger partial charge in [0.15, 0.2) is 23.0 Å². The lowest BCUT2D eigenvalue weighted by Gasteiger charge is -2.38. The molecular weight excluding hydrogens is 274 g/mol. The lowest BCUT2D eigenvalue weighted by molar-refractivity contribution is 0.443. The second-order valence-corrected chi connectivity index (χ2v) is 5.53. The monoisotopic (exact) mass is 287 g/mol. The van der Waals surface area contributed by atoms with Crippen LogP contribution in [0.4, 0.5) is 17.1 Å². The average Bonchev–Trinajstić information content (AvgIpc) is 2.57. The van der Waals surface area contributed by atoms with Crippen LogP contribution in [0.2, 0.25) is 0 Å². The molecule has 3 heteroatoms. The number of para-hydroxylation sites is 4. The van der Waals surface area contributed by atoms with Gasteiger partial charge in [-0.3, -0.25) is 4.90 Å². The van der Waals surface area contributed by atoms with Gasteiger partial charge in [0.25, 0.3) is 0 Å². The smallest absolute Gasteiger partial charge is 0.158 e. The van der Waals surface area contributed by atoms with Crippen LogP contribution in [0.25, 0.3) is 0 Å². The van der Waals surface area contributed by atoms with Gasteiger partial charge in [-0.1, -0.05) is 30.3 Å². The molecule has 0 spiro atoms. The molecule has 0 saturated carbocycles. The minimum atomic E-state index is 0.828. The van der Waals surface area contributed by atoms with Crippen LogP contribution in [0.15, 0.2) is 60.7 Å². The van der Waals surface area contributed by atoms with E-state index in [4.69, 9.17) is 9.47 Å². The van der Waals surface area contributed by atoms with E-state index in [0.29, 0.717) is 0 Å². The molecule has 0 radical (unpaired) electrons. The number of hydrogen-bond acceptors (Lipinski definition) is 3. The molecule has 3 nitrogen and oxygen atoms in total. The molecule has 3 aromatic carbocycles. The van der Waals surface area contributed by atoms with Crippen LogP contribution in [0.5, 0.6) is 23.0 Å².